The highest BCUT2D eigenvalue weighted by Gasteiger charge is 2.17. The van der Waals surface area contributed by atoms with Crippen molar-refractivity contribution in [2.75, 3.05) is 13.1 Å². The molecule has 132 valence electrons. The Morgan fingerprint density at radius 2 is 1.88 bits per heavy atom. The van der Waals surface area contributed by atoms with Crippen LogP contribution in [0.4, 0.5) is 0 Å². The van der Waals surface area contributed by atoms with Crippen LogP contribution in [0.2, 0.25) is 0 Å². The molecule has 8 heteroatoms. The summed E-state index contributed by atoms with van der Waals surface area (Å²) < 4.78 is 0. The average molecular weight is 335 g/mol. The van der Waals surface area contributed by atoms with Crippen LogP contribution in [-0.4, -0.2) is 34.9 Å². The zero-order valence-electron chi connectivity index (χ0n) is 14.2. The fraction of sp³-hybridized carbons (Fsp3) is 0.500. The topological polar surface area (TPSA) is 139 Å². The summed E-state index contributed by atoms with van der Waals surface area (Å²) in [5.74, 6) is -0.285. The molecule has 8 nitrogen and oxygen atoms in total. The zero-order valence-corrected chi connectivity index (χ0v) is 14.2. The molecule has 1 unspecified atom stereocenters. The molecule has 1 atom stereocenters. The third-order valence-electron chi connectivity index (χ3n) is 3.51. The van der Waals surface area contributed by atoms with Crippen LogP contribution < -0.4 is 11.5 Å². The molecule has 1 heterocycles. The van der Waals surface area contributed by atoms with Crippen LogP contribution in [0.15, 0.2) is 36.2 Å². The number of carbonyl (C=O) groups is 1. The predicted molar refractivity (Wildman–Crippen MR) is 91.8 cm³/mol. The van der Waals surface area contributed by atoms with Gasteiger partial charge in [-0.25, -0.2) is 0 Å². The van der Waals surface area contributed by atoms with Gasteiger partial charge in [-0.1, -0.05) is 20.4 Å². The first kappa shape index (κ1) is 21.3. The van der Waals surface area contributed by atoms with Gasteiger partial charge in [-0.15, -0.1) is 0 Å². The summed E-state index contributed by atoms with van der Waals surface area (Å²) in [5.41, 5.74) is 10.6. The van der Waals surface area contributed by atoms with Crippen molar-refractivity contribution in [3.8, 4) is 6.07 Å². The zero-order chi connectivity index (χ0) is 18.9. The number of carbonyl (C=O) groups excluding carboxylic acids is 1. The second kappa shape index (κ2) is 10.2. The van der Waals surface area contributed by atoms with Crippen molar-refractivity contribution in [1.29, 1.82) is 5.26 Å². The largest absolute Gasteiger partial charge is 0.371 e. The summed E-state index contributed by atoms with van der Waals surface area (Å²) in [5, 5.41) is 19.3. The molecule has 0 aromatic rings. The fourth-order valence-corrected chi connectivity index (χ4v) is 1.89. The number of nitrogens with two attached hydrogens (primary N) is 2. The van der Waals surface area contributed by atoms with Crippen LogP contribution >= 0.6 is 0 Å². The van der Waals surface area contributed by atoms with E-state index in [-0.39, 0.29) is 17.2 Å². The normalized spacial score (nSPS) is 15.1. The van der Waals surface area contributed by atoms with Gasteiger partial charge in [-0.3, -0.25) is 14.9 Å². The number of likely N-dealkylation sites (tertiary alicyclic amines) is 1. The highest BCUT2D eigenvalue weighted by Crippen LogP contribution is 2.20. The molecule has 1 fully saturated rings. The van der Waals surface area contributed by atoms with Gasteiger partial charge in [0.05, 0.1) is 16.5 Å². The van der Waals surface area contributed by atoms with E-state index < -0.39 is 16.9 Å². The van der Waals surface area contributed by atoms with E-state index >= 15 is 0 Å². The van der Waals surface area contributed by atoms with Gasteiger partial charge in [-0.2, -0.15) is 5.26 Å². The van der Waals surface area contributed by atoms with Crippen LogP contribution in [0.25, 0.3) is 0 Å². The molecule has 0 bridgehead atoms. The summed E-state index contributed by atoms with van der Waals surface area (Å²) >= 11 is 0. The van der Waals surface area contributed by atoms with Gasteiger partial charge in [-0.05, 0) is 25.3 Å². The van der Waals surface area contributed by atoms with Crippen molar-refractivity contribution in [2.24, 2.45) is 17.4 Å². The van der Waals surface area contributed by atoms with Gasteiger partial charge in [0.15, 0.2) is 0 Å². The molecule has 1 rings (SSSR count). The summed E-state index contributed by atoms with van der Waals surface area (Å²) in [6.45, 7) is 12.5. The average Bonchev–Trinajstić information content (AvgIpc) is 3.05. The highest BCUT2D eigenvalue weighted by atomic mass is 16.6. The number of allylic oxidation sites excluding steroid dienone is 2. The van der Waals surface area contributed by atoms with E-state index in [0.29, 0.717) is 5.70 Å². The first-order chi connectivity index (χ1) is 11.1. The number of hydrogen-bond acceptors (Lipinski definition) is 6. The lowest BCUT2D eigenvalue weighted by molar-refractivity contribution is -0.418. The second-order valence-electron chi connectivity index (χ2n) is 5.73. The van der Waals surface area contributed by atoms with Crippen molar-refractivity contribution < 1.29 is 9.72 Å². The van der Waals surface area contributed by atoms with Crippen molar-refractivity contribution in [1.82, 2.24) is 4.90 Å². The molecule has 1 amide bonds. The van der Waals surface area contributed by atoms with Crippen molar-refractivity contribution >= 4 is 5.91 Å². The van der Waals surface area contributed by atoms with E-state index in [2.05, 4.69) is 13.2 Å². The van der Waals surface area contributed by atoms with Gasteiger partial charge in [0.25, 0.3) is 5.70 Å². The Hall–Kier alpha value is -2.66. The lowest BCUT2D eigenvalue weighted by atomic mass is 10.1. The van der Waals surface area contributed by atoms with Gasteiger partial charge >= 0.3 is 0 Å². The Kier molecular flexibility index (Phi) is 9.05. The molecule has 24 heavy (non-hydrogen) atoms. The number of nitriles is 1. The molecular weight excluding hydrogens is 310 g/mol. The smallest absolute Gasteiger partial charge is 0.263 e. The fourth-order valence-electron chi connectivity index (χ4n) is 1.89. The van der Waals surface area contributed by atoms with E-state index in [1.165, 1.54) is 6.08 Å². The van der Waals surface area contributed by atoms with E-state index in [1.54, 1.807) is 0 Å². The number of rotatable bonds is 6. The van der Waals surface area contributed by atoms with Gasteiger partial charge < -0.3 is 16.4 Å². The monoisotopic (exact) mass is 335 g/mol. The van der Waals surface area contributed by atoms with Crippen LogP contribution in [0, 0.1) is 27.4 Å². The molecule has 4 N–H and O–H groups in total. The van der Waals surface area contributed by atoms with Crippen molar-refractivity contribution in [3.05, 3.63) is 46.3 Å². The molecular formula is C16H25N5O3. The predicted octanol–water partition coefficient (Wildman–Crippen LogP) is 1.29. The maximum absolute atomic E-state index is 10.4. The Balaban J connectivity index is 0.000000561. The Bertz CT molecular complexity index is 569. The molecule has 0 spiro atoms. The minimum absolute atomic E-state index is 0.146. The lowest BCUT2D eigenvalue weighted by Gasteiger charge is -2.19. The van der Waals surface area contributed by atoms with Crippen LogP contribution in [0.5, 0.6) is 0 Å². The molecule has 1 saturated heterocycles. The van der Waals surface area contributed by atoms with Crippen LogP contribution in [0.1, 0.15) is 26.7 Å². The first-order valence-electron chi connectivity index (χ1n) is 7.56. The molecule has 0 aromatic carbocycles. The summed E-state index contributed by atoms with van der Waals surface area (Å²) in [7, 11) is 0. The second-order valence-corrected chi connectivity index (χ2v) is 5.73. The van der Waals surface area contributed by atoms with Crippen LogP contribution in [0.3, 0.4) is 0 Å². The van der Waals surface area contributed by atoms with Crippen molar-refractivity contribution in [2.45, 2.75) is 32.7 Å². The Morgan fingerprint density at radius 3 is 2.17 bits per heavy atom. The Labute approximate surface area is 142 Å². The summed E-state index contributed by atoms with van der Waals surface area (Å²) in [6, 6.07) is 1.43. The molecule has 0 aromatic heterocycles. The van der Waals surface area contributed by atoms with E-state index in [4.69, 9.17) is 16.7 Å². The highest BCUT2D eigenvalue weighted by molar-refractivity contribution is 5.79. The number of nitro groups is 1. The Morgan fingerprint density at radius 1 is 1.38 bits per heavy atom. The maximum Gasteiger partial charge on any atom is 0.263 e. The number of hydrogen-bond donors (Lipinski definition) is 2. The van der Waals surface area contributed by atoms with E-state index in [1.807, 2.05) is 24.8 Å². The van der Waals surface area contributed by atoms with Gasteiger partial charge in [0.1, 0.15) is 6.07 Å². The van der Waals surface area contributed by atoms with Crippen LogP contribution in [-0.2, 0) is 4.79 Å². The standard InChI is InChI=1S/C11H13N3O2.C5H12N2O/c1-9(14(15)16)7-11(8-12)10(2)13-5-3-4-6-13;1-3(2)4(6)5(7)8/h7H,1-6H2;3-4H,6H2,1-2H3,(H2,7,8)/b11-7-;. The molecule has 0 radical (unpaired) electrons. The minimum Gasteiger partial charge on any atom is -0.371 e. The summed E-state index contributed by atoms with van der Waals surface area (Å²) in [4.78, 5) is 22.0. The molecule has 0 saturated carbocycles. The number of amides is 1. The maximum atomic E-state index is 10.4. The molecule has 1 aliphatic heterocycles. The summed E-state index contributed by atoms with van der Waals surface area (Å²) in [6.07, 6.45) is 3.29. The van der Waals surface area contributed by atoms with Gasteiger partial charge in [0.2, 0.25) is 5.91 Å². The quantitative estimate of drug-likeness (QED) is 0.324. The van der Waals surface area contributed by atoms with E-state index in [9.17, 15) is 14.9 Å². The number of nitrogens with zero attached hydrogens (tertiary/aromatic N) is 3. The molecule has 0 aliphatic carbocycles. The lowest BCUT2D eigenvalue weighted by Crippen LogP contribution is -2.40. The molecule has 1 aliphatic rings. The SMILES string of the molecule is C=C(/C(C#N)=C\C(=C)[N+](=O)[O-])N1CCCC1.CC(C)C(N)C(N)=O. The van der Waals surface area contributed by atoms with Crippen molar-refractivity contribution in [3.63, 3.8) is 0 Å². The minimum atomic E-state index is -0.616. The first-order valence-corrected chi connectivity index (χ1v) is 7.56. The van der Waals surface area contributed by atoms with E-state index in [0.717, 1.165) is 25.9 Å². The van der Waals surface area contributed by atoms with Gasteiger partial charge in [0, 0.05) is 24.9 Å². The third-order valence-corrected chi connectivity index (χ3v) is 3.51. The number of primary amides is 1. The third kappa shape index (κ3) is 7.07.